The number of halogens is 6. The third-order valence-corrected chi connectivity index (χ3v) is 15.4. The first-order valence-electron chi connectivity index (χ1n) is 26.5. The van der Waals surface area contributed by atoms with Crippen molar-refractivity contribution in [1.82, 2.24) is 9.13 Å². The fourth-order valence-electron chi connectivity index (χ4n) is 12.4. The van der Waals surface area contributed by atoms with Crippen molar-refractivity contribution in [1.29, 1.82) is 5.26 Å². The SMILES string of the molecule is Cc1cc(C)cc(-c2ccc3c(c2)c2cc(-c4cc(C)cc(C)c4)ccc2n3-c2cc(-c3c(C(F)(F)F)cccc3C(F)(F)F)cc(-n3c4ccc(-c5cc(C)cc(C)c5)cc4c4cc(-c5cc(C)cc(C)c5)ccc43)c2C#N)c1. The molecular formula is C71H53F6N3. The summed E-state index contributed by atoms with van der Waals surface area (Å²) in [4.78, 5) is 0. The summed E-state index contributed by atoms with van der Waals surface area (Å²) in [6.07, 6.45) is -10.4. The van der Waals surface area contributed by atoms with Gasteiger partial charge in [-0.05, 0) is 178 Å². The normalized spacial score (nSPS) is 12.1. The molecule has 394 valence electrons. The number of hydrogen-bond donors (Lipinski definition) is 0. The van der Waals surface area contributed by atoms with Gasteiger partial charge in [-0.2, -0.15) is 31.6 Å². The zero-order chi connectivity index (χ0) is 56.3. The molecule has 0 saturated carbocycles. The standard InChI is InChI=1S/C71H53F6N3/c1-39-20-40(2)25-51(24-39)47-12-16-63-56(32-47)57-33-48(52-26-41(3)21-42(4)27-52)13-17-64(57)79(63)67-36-55(69-61(70(72,73)74)10-9-11-62(69)71(75,76)77)37-68(60(67)38-78)80-65-18-14-49(53-28-43(5)22-44(6)29-53)34-58(65)59-35-50(15-19-66(59)80)54-30-45(7)23-46(8)31-54/h9-37H,1-8H3. The summed E-state index contributed by atoms with van der Waals surface area (Å²) in [5.41, 5.74) is 14.5. The van der Waals surface area contributed by atoms with E-state index < -0.39 is 29.0 Å². The van der Waals surface area contributed by atoms with Crippen molar-refractivity contribution in [2.75, 3.05) is 0 Å². The first kappa shape index (κ1) is 51.6. The van der Waals surface area contributed by atoms with Gasteiger partial charge in [-0.1, -0.05) is 148 Å². The Morgan fingerprint density at radius 2 is 0.575 bits per heavy atom. The molecule has 80 heavy (non-hydrogen) atoms. The molecule has 0 amide bonds. The second kappa shape index (κ2) is 19.1. The number of aromatic nitrogens is 2. The first-order valence-corrected chi connectivity index (χ1v) is 26.5. The van der Waals surface area contributed by atoms with E-state index in [1.807, 2.05) is 113 Å². The van der Waals surface area contributed by atoms with Crippen LogP contribution in [-0.4, -0.2) is 9.13 Å². The van der Waals surface area contributed by atoms with Crippen molar-refractivity contribution in [3.63, 3.8) is 0 Å². The quantitative estimate of drug-likeness (QED) is 0.146. The summed E-state index contributed by atoms with van der Waals surface area (Å²) in [5, 5.41) is 15.0. The molecule has 0 N–H and O–H groups in total. The summed E-state index contributed by atoms with van der Waals surface area (Å²) >= 11 is 0. The Kier molecular flexibility index (Phi) is 12.3. The molecule has 12 aromatic rings. The van der Waals surface area contributed by atoms with Crippen molar-refractivity contribution in [3.05, 3.63) is 237 Å². The summed E-state index contributed by atoms with van der Waals surface area (Å²) in [6, 6.07) is 56.5. The number of hydrogen-bond acceptors (Lipinski definition) is 1. The molecule has 0 fully saturated rings. The molecule has 0 aliphatic rings. The zero-order valence-corrected chi connectivity index (χ0v) is 45.4. The average molecular weight is 1060 g/mol. The van der Waals surface area contributed by atoms with E-state index >= 15 is 26.3 Å². The van der Waals surface area contributed by atoms with Crippen molar-refractivity contribution in [2.24, 2.45) is 0 Å². The van der Waals surface area contributed by atoms with Gasteiger partial charge in [0.2, 0.25) is 0 Å². The van der Waals surface area contributed by atoms with Crippen molar-refractivity contribution in [3.8, 4) is 73.1 Å². The first-order chi connectivity index (χ1) is 38.1. The van der Waals surface area contributed by atoms with Crippen molar-refractivity contribution in [2.45, 2.75) is 67.7 Å². The van der Waals surface area contributed by atoms with Gasteiger partial charge in [-0.25, -0.2) is 0 Å². The third kappa shape index (κ3) is 9.08. The molecule has 0 aliphatic heterocycles. The van der Waals surface area contributed by atoms with Crippen LogP contribution in [0.5, 0.6) is 0 Å². The van der Waals surface area contributed by atoms with Gasteiger partial charge < -0.3 is 9.13 Å². The third-order valence-electron chi connectivity index (χ3n) is 15.4. The largest absolute Gasteiger partial charge is 0.417 e. The molecule has 3 nitrogen and oxygen atoms in total. The molecule has 9 heteroatoms. The van der Waals surface area contributed by atoms with Gasteiger partial charge in [0, 0.05) is 27.1 Å². The average Bonchev–Trinajstić information content (AvgIpc) is 3.98. The summed E-state index contributed by atoms with van der Waals surface area (Å²) in [6.45, 7) is 16.3. The second-order valence-corrected chi connectivity index (χ2v) is 21.8. The number of alkyl halides is 6. The van der Waals surface area contributed by atoms with E-state index in [0.717, 1.165) is 117 Å². The molecule has 12 rings (SSSR count). The van der Waals surface area contributed by atoms with Gasteiger partial charge in [0.25, 0.3) is 0 Å². The number of nitriles is 1. The fraction of sp³-hybridized carbons (Fsp3) is 0.141. The molecule has 0 saturated heterocycles. The van der Waals surface area contributed by atoms with E-state index in [2.05, 4.69) is 103 Å². The highest BCUT2D eigenvalue weighted by Crippen LogP contribution is 2.49. The predicted molar refractivity (Wildman–Crippen MR) is 315 cm³/mol. The molecule has 0 atom stereocenters. The Bertz CT molecular complexity index is 4040. The topological polar surface area (TPSA) is 33.6 Å². The Hall–Kier alpha value is -9.13. The van der Waals surface area contributed by atoms with Gasteiger partial charge >= 0.3 is 12.4 Å². The summed E-state index contributed by atoms with van der Waals surface area (Å²) in [5.74, 6) is 0. The molecule has 0 radical (unpaired) electrons. The van der Waals surface area contributed by atoms with E-state index in [-0.39, 0.29) is 22.5 Å². The van der Waals surface area contributed by atoms with Crippen LogP contribution in [0.4, 0.5) is 26.3 Å². The minimum absolute atomic E-state index is 0.0398. The molecule has 2 heterocycles. The summed E-state index contributed by atoms with van der Waals surface area (Å²) < 4.78 is 96.7. The maximum atomic E-state index is 15.5. The van der Waals surface area contributed by atoms with Crippen LogP contribution in [0.1, 0.15) is 61.2 Å². The van der Waals surface area contributed by atoms with Crippen molar-refractivity contribution >= 4 is 43.6 Å². The molecule has 0 spiro atoms. The van der Waals surface area contributed by atoms with Gasteiger partial charge in [-0.15, -0.1) is 0 Å². The van der Waals surface area contributed by atoms with Crippen molar-refractivity contribution < 1.29 is 26.3 Å². The second-order valence-electron chi connectivity index (χ2n) is 21.8. The van der Waals surface area contributed by atoms with E-state index in [0.29, 0.717) is 34.2 Å². The van der Waals surface area contributed by atoms with Crippen LogP contribution in [0.3, 0.4) is 0 Å². The minimum atomic E-state index is -5.20. The molecule has 0 bridgehead atoms. The van der Waals surface area contributed by atoms with Crippen LogP contribution in [0.2, 0.25) is 0 Å². The van der Waals surface area contributed by atoms with Gasteiger partial charge in [0.15, 0.2) is 0 Å². The molecular weight excluding hydrogens is 1010 g/mol. The van der Waals surface area contributed by atoms with Crippen LogP contribution >= 0.6 is 0 Å². The van der Waals surface area contributed by atoms with Crippen LogP contribution in [0.15, 0.2) is 176 Å². The number of rotatable bonds is 7. The molecule has 0 unspecified atom stereocenters. The van der Waals surface area contributed by atoms with E-state index in [1.54, 1.807) is 0 Å². The number of benzene rings is 10. The summed E-state index contributed by atoms with van der Waals surface area (Å²) in [7, 11) is 0. The Morgan fingerprint density at radius 3 is 0.812 bits per heavy atom. The molecule has 0 aliphatic carbocycles. The smallest absolute Gasteiger partial charge is 0.308 e. The van der Waals surface area contributed by atoms with Crippen LogP contribution in [0, 0.1) is 66.7 Å². The minimum Gasteiger partial charge on any atom is -0.308 e. The van der Waals surface area contributed by atoms with Gasteiger partial charge in [0.05, 0.1) is 44.6 Å². The Balaban J connectivity index is 1.24. The number of aryl methyl sites for hydroxylation is 8. The van der Waals surface area contributed by atoms with E-state index in [1.165, 1.54) is 12.1 Å². The lowest BCUT2D eigenvalue weighted by atomic mass is 9.91. The fourth-order valence-corrected chi connectivity index (χ4v) is 12.4. The van der Waals surface area contributed by atoms with Crippen LogP contribution in [0.25, 0.3) is 111 Å². The zero-order valence-electron chi connectivity index (χ0n) is 45.4. The lowest BCUT2D eigenvalue weighted by Gasteiger charge is -2.22. The van der Waals surface area contributed by atoms with E-state index in [9.17, 15) is 5.26 Å². The molecule has 2 aromatic heterocycles. The highest BCUT2D eigenvalue weighted by Gasteiger charge is 2.41. The van der Waals surface area contributed by atoms with Crippen LogP contribution in [-0.2, 0) is 12.4 Å². The van der Waals surface area contributed by atoms with E-state index in [4.69, 9.17) is 0 Å². The monoisotopic (exact) mass is 1060 g/mol. The predicted octanol–water partition coefficient (Wildman–Crippen LogP) is 20.6. The maximum Gasteiger partial charge on any atom is 0.417 e. The Morgan fingerprint density at radius 1 is 0.312 bits per heavy atom. The van der Waals surface area contributed by atoms with Crippen LogP contribution < -0.4 is 0 Å². The molecule has 10 aromatic carbocycles. The number of fused-ring (bicyclic) bond motifs is 6. The van der Waals surface area contributed by atoms with Gasteiger partial charge in [-0.3, -0.25) is 0 Å². The maximum absolute atomic E-state index is 15.5. The lowest BCUT2D eigenvalue weighted by molar-refractivity contribution is -0.142. The highest BCUT2D eigenvalue weighted by molar-refractivity contribution is 6.14. The Labute approximate surface area is 460 Å². The lowest BCUT2D eigenvalue weighted by Crippen LogP contribution is -2.15. The number of nitrogens with zero attached hydrogens (tertiary/aromatic N) is 3. The highest BCUT2D eigenvalue weighted by atomic mass is 19.4. The van der Waals surface area contributed by atoms with Gasteiger partial charge in [0.1, 0.15) is 11.6 Å².